The number of sulfone groups is 1. The van der Waals surface area contributed by atoms with Gasteiger partial charge in [-0.25, -0.2) is 13.2 Å². The summed E-state index contributed by atoms with van der Waals surface area (Å²) < 4.78 is 72.8. The highest BCUT2D eigenvalue weighted by atomic mass is 32.2. The number of hydrogen-bond acceptors (Lipinski definition) is 9. The van der Waals surface area contributed by atoms with Crippen LogP contribution in [-0.4, -0.2) is 91.1 Å². The summed E-state index contributed by atoms with van der Waals surface area (Å²) in [5, 5.41) is 7.36. The number of alkyl halides is 3. The zero-order valence-corrected chi connectivity index (χ0v) is 20.2. The molecule has 0 bridgehead atoms. The van der Waals surface area contributed by atoms with Gasteiger partial charge in [-0.3, -0.25) is 9.59 Å². The molecule has 2 rings (SSSR count). The molecule has 1 aromatic heterocycles. The van der Waals surface area contributed by atoms with Gasteiger partial charge in [-0.1, -0.05) is 25.9 Å². The van der Waals surface area contributed by atoms with E-state index in [2.05, 4.69) is 25.3 Å². The Hall–Kier alpha value is -2.75. The molecule has 12 nitrogen and oxygen atoms in total. The molecule has 0 radical (unpaired) electrons. The number of aromatic nitrogens is 2. The Kier molecular flexibility index (Phi) is 9.60. The Balaban J connectivity index is 2.20. The number of rotatable bonds is 10. The van der Waals surface area contributed by atoms with Gasteiger partial charge in [0.1, 0.15) is 6.04 Å². The van der Waals surface area contributed by atoms with Gasteiger partial charge in [0.05, 0.1) is 30.8 Å². The monoisotopic (exact) mass is 527 g/mol. The molecular weight excluding hydrogens is 499 g/mol. The fourth-order valence-electron chi connectivity index (χ4n) is 3.23. The Morgan fingerprint density at radius 1 is 1.09 bits per heavy atom. The minimum absolute atomic E-state index is 0.0861. The van der Waals surface area contributed by atoms with Gasteiger partial charge in [0, 0.05) is 13.1 Å². The number of urea groups is 1. The first-order valence-electron chi connectivity index (χ1n) is 10.8. The van der Waals surface area contributed by atoms with Gasteiger partial charge in [-0.15, -0.1) is 0 Å². The van der Waals surface area contributed by atoms with Crippen LogP contribution >= 0.6 is 0 Å². The minimum atomic E-state index is -4.94. The molecule has 0 aliphatic carbocycles. The first-order chi connectivity index (χ1) is 16.2. The summed E-state index contributed by atoms with van der Waals surface area (Å²) in [5.41, 5.74) is 0. The average Bonchev–Trinajstić information content (AvgIpc) is 3.27. The molecule has 16 heteroatoms. The van der Waals surface area contributed by atoms with Crippen LogP contribution in [0.15, 0.2) is 4.52 Å². The number of ketones is 1. The van der Waals surface area contributed by atoms with Gasteiger partial charge >= 0.3 is 12.2 Å². The molecule has 2 heterocycles. The lowest BCUT2D eigenvalue weighted by atomic mass is 10.1. The third-order valence-corrected chi connectivity index (χ3v) is 6.87. The first kappa shape index (κ1) is 28.5. The quantitative estimate of drug-likeness (QED) is 0.416. The molecule has 2 N–H and O–H groups in total. The molecule has 198 valence electrons. The van der Waals surface area contributed by atoms with Crippen molar-refractivity contribution in [2.45, 2.75) is 45.5 Å². The predicted molar refractivity (Wildman–Crippen MR) is 114 cm³/mol. The molecule has 0 aromatic carbocycles. The van der Waals surface area contributed by atoms with Gasteiger partial charge < -0.3 is 24.8 Å². The maximum absolute atomic E-state index is 13.0. The molecule has 1 saturated heterocycles. The number of hydrogen-bond donors (Lipinski definition) is 2. The number of halogens is 3. The molecule has 2 atom stereocenters. The van der Waals surface area contributed by atoms with E-state index in [1.54, 1.807) is 13.8 Å². The second kappa shape index (κ2) is 11.8. The number of nitrogens with zero attached hydrogens (tertiary/aromatic N) is 3. The Morgan fingerprint density at radius 3 is 2.23 bits per heavy atom. The van der Waals surface area contributed by atoms with Crippen molar-refractivity contribution < 1.29 is 45.2 Å². The molecule has 3 amide bonds. The fourth-order valence-corrected chi connectivity index (χ4v) is 5.13. The van der Waals surface area contributed by atoms with Crippen molar-refractivity contribution in [2.24, 2.45) is 5.92 Å². The van der Waals surface area contributed by atoms with Gasteiger partial charge in [0.15, 0.2) is 9.84 Å². The van der Waals surface area contributed by atoms with E-state index < -0.39 is 63.3 Å². The average molecular weight is 528 g/mol. The van der Waals surface area contributed by atoms with E-state index in [9.17, 15) is 36.0 Å². The largest absolute Gasteiger partial charge is 0.455 e. The lowest BCUT2D eigenvalue weighted by Gasteiger charge is -2.29. The van der Waals surface area contributed by atoms with Crippen LogP contribution < -0.4 is 10.6 Å². The zero-order valence-electron chi connectivity index (χ0n) is 19.4. The van der Waals surface area contributed by atoms with Crippen molar-refractivity contribution in [1.29, 1.82) is 0 Å². The van der Waals surface area contributed by atoms with E-state index in [-0.39, 0.29) is 44.4 Å². The summed E-state index contributed by atoms with van der Waals surface area (Å²) in [7, 11) is -3.80. The smallest absolute Gasteiger partial charge is 0.378 e. The Morgan fingerprint density at radius 2 is 1.71 bits per heavy atom. The molecule has 1 aliphatic heterocycles. The standard InChI is InChI=1S/C19H28F3N5O7S/c1-4-12(14(28)16-25-17(26-34-16)19(20,21)22)23-15(29)13(10-35(31,32)9-11(2)3)24-18(30)27-5-7-33-8-6-27/h11-13H,4-10H2,1-3H3,(H,23,29)(H,24,30)/t12-,13+/m1/s1. The summed E-state index contributed by atoms with van der Waals surface area (Å²) in [6.07, 6.45) is -5.02. The van der Waals surface area contributed by atoms with Crippen LogP contribution in [0.4, 0.5) is 18.0 Å². The predicted octanol–water partition coefficient (Wildman–Crippen LogP) is 0.647. The van der Waals surface area contributed by atoms with E-state index in [1.807, 2.05) is 0 Å². The van der Waals surface area contributed by atoms with Crippen LogP contribution in [0.25, 0.3) is 0 Å². The molecule has 35 heavy (non-hydrogen) atoms. The first-order valence-corrected chi connectivity index (χ1v) is 12.6. The second-order valence-corrected chi connectivity index (χ2v) is 10.5. The van der Waals surface area contributed by atoms with Crippen LogP contribution in [0, 0.1) is 5.92 Å². The normalized spacial score (nSPS) is 16.6. The number of nitrogens with one attached hydrogen (secondary N) is 2. The van der Waals surface area contributed by atoms with E-state index in [0.29, 0.717) is 0 Å². The highest BCUT2D eigenvalue weighted by Gasteiger charge is 2.39. The maximum Gasteiger partial charge on any atom is 0.455 e. The van der Waals surface area contributed by atoms with E-state index in [1.165, 1.54) is 11.8 Å². The number of ether oxygens (including phenoxy) is 1. The van der Waals surface area contributed by atoms with E-state index in [4.69, 9.17) is 4.74 Å². The molecule has 0 unspecified atom stereocenters. The van der Waals surface area contributed by atoms with Crippen molar-refractivity contribution in [2.75, 3.05) is 37.8 Å². The van der Waals surface area contributed by atoms with E-state index >= 15 is 0 Å². The summed E-state index contributed by atoms with van der Waals surface area (Å²) in [5.74, 6) is -5.95. The zero-order chi connectivity index (χ0) is 26.4. The molecule has 1 fully saturated rings. The van der Waals surface area contributed by atoms with Crippen LogP contribution in [0.5, 0.6) is 0 Å². The van der Waals surface area contributed by atoms with Crippen molar-refractivity contribution in [1.82, 2.24) is 25.7 Å². The Labute approximate surface area is 199 Å². The number of morpholine rings is 1. The van der Waals surface area contributed by atoms with Crippen LogP contribution in [-0.2, 0) is 25.5 Å². The maximum atomic E-state index is 13.0. The van der Waals surface area contributed by atoms with Crippen LogP contribution in [0.2, 0.25) is 0 Å². The SMILES string of the molecule is CC[C@@H](NC(=O)[C@H](CS(=O)(=O)CC(C)C)NC(=O)N1CCOCC1)C(=O)c1nc(C(F)(F)F)no1. The van der Waals surface area contributed by atoms with Gasteiger partial charge in [-0.2, -0.15) is 18.2 Å². The van der Waals surface area contributed by atoms with E-state index in [0.717, 1.165) is 0 Å². The molecular formula is C19H28F3N5O7S. The summed E-state index contributed by atoms with van der Waals surface area (Å²) in [6.45, 7) is 5.80. The highest BCUT2D eigenvalue weighted by Crippen LogP contribution is 2.26. The lowest BCUT2D eigenvalue weighted by molar-refractivity contribution is -0.146. The molecule has 0 spiro atoms. The van der Waals surface area contributed by atoms with Crippen molar-refractivity contribution in [3.05, 3.63) is 11.7 Å². The fraction of sp³-hybridized carbons (Fsp3) is 0.737. The number of Topliss-reactive ketones (excluding diaryl/α,β-unsaturated/α-hetero) is 1. The van der Waals surface area contributed by atoms with Crippen molar-refractivity contribution in [3.8, 4) is 0 Å². The molecule has 1 aliphatic rings. The van der Waals surface area contributed by atoms with Crippen molar-refractivity contribution in [3.63, 3.8) is 0 Å². The summed E-state index contributed by atoms with van der Waals surface area (Å²) >= 11 is 0. The van der Waals surface area contributed by atoms with Crippen molar-refractivity contribution >= 4 is 27.6 Å². The van der Waals surface area contributed by atoms with Crippen LogP contribution in [0.1, 0.15) is 43.7 Å². The highest BCUT2D eigenvalue weighted by molar-refractivity contribution is 7.91. The third kappa shape index (κ3) is 8.45. The Bertz CT molecular complexity index is 1010. The molecule has 1 aromatic rings. The molecule has 0 saturated carbocycles. The van der Waals surface area contributed by atoms with Gasteiger partial charge in [0.25, 0.3) is 11.7 Å². The minimum Gasteiger partial charge on any atom is -0.378 e. The van der Waals surface area contributed by atoms with Crippen LogP contribution in [0.3, 0.4) is 0 Å². The van der Waals surface area contributed by atoms with Gasteiger partial charge in [-0.05, 0) is 12.3 Å². The lowest BCUT2D eigenvalue weighted by Crippen LogP contribution is -2.57. The topological polar surface area (TPSA) is 161 Å². The number of carbonyl (C=O) groups excluding carboxylic acids is 3. The third-order valence-electron chi connectivity index (χ3n) is 4.85. The summed E-state index contributed by atoms with van der Waals surface area (Å²) in [4.78, 5) is 42.5. The number of carbonyl (C=O) groups is 3. The number of amides is 3. The summed E-state index contributed by atoms with van der Waals surface area (Å²) in [6, 6.07) is -3.66. The van der Waals surface area contributed by atoms with Gasteiger partial charge in [0.2, 0.25) is 11.7 Å². The second-order valence-electron chi connectivity index (χ2n) is 8.33.